The predicted molar refractivity (Wildman–Crippen MR) is 126 cm³/mol. The first-order valence-corrected chi connectivity index (χ1v) is 10.9. The van der Waals surface area contributed by atoms with Crippen molar-refractivity contribution in [2.75, 3.05) is 13.7 Å². The molecule has 0 radical (unpaired) electrons. The van der Waals surface area contributed by atoms with Gasteiger partial charge in [-0.15, -0.1) is 0 Å². The first-order chi connectivity index (χ1) is 15.5. The lowest BCUT2D eigenvalue weighted by molar-refractivity contribution is -0.149. The van der Waals surface area contributed by atoms with Gasteiger partial charge in [-0.25, -0.2) is 4.79 Å². The molecule has 3 atom stereocenters. The molecule has 0 spiro atoms. The Labute approximate surface area is 194 Å². The Bertz CT molecular complexity index is 994. The van der Waals surface area contributed by atoms with Crippen molar-refractivity contribution in [2.24, 2.45) is 0 Å². The van der Waals surface area contributed by atoms with Crippen LogP contribution in [-0.4, -0.2) is 30.8 Å². The van der Waals surface area contributed by atoms with Crippen LogP contribution in [0, 0.1) is 0 Å². The minimum Gasteiger partial charge on any atom is -0.474 e. The quantitative estimate of drug-likeness (QED) is 0.428. The summed E-state index contributed by atoms with van der Waals surface area (Å²) in [6.07, 6.45) is -0.664. The van der Waals surface area contributed by atoms with Gasteiger partial charge in [0.2, 0.25) is 6.10 Å². The molecule has 32 heavy (non-hydrogen) atoms. The number of methoxy groups -OCH3 is 1. The van der Waals surface area contributed by atoms with Crippen LogP contribution >= 0.6 is 11.6 Å². The number of hydrogen-bond donors (Lipinski definition) is 2. The molecule has 0 bridgehead atoms. The zero-order valence-electron chi connectivity index (χ0n) is 18.2. The van der Waals surface area contributed by atoms with Crippen molar-refractivity contribution in [2.45, 2.75) is 31.6 Å². The van der Waals surface area contributed by atoms with Crippen LogP contribution in [-0.2, 0) is 16.0 Å². The fourth-order valence-corrected chi connectivity index (χ4v) is 3.60. The maximum absolute atomic E-state index is 12.2. The van der Waals surface area contributed by atoms with E-state index in [1.165, 1.54) is 7.11 Å². The smallest absolute Gasteiger partial charge is 0.351 e. The molecule has 0 aromatic heterocycles. The van der Waals surface area contributed by atoms with E-state index in [9.17, 15) is 9.90 Å². The third-order valence-electron chi connectivity index (χ3n) is 5.13. The number of hydrogen-bond acceptors (Lipinski definition) is 5. The lowest BCUT2D eigenvalue weighted by Gasteiger charge is -2.19. The van der Waals surface area contributed by atoms with Gasteiger partial charge in [0.05, 0.1) is 13.2 Å². The number of nitrogens with one attached hydrogen (secondary N) is 1. The molecule has 0 aliphatic carbocycles. The van der Waals surface area contributed by atoms with E-state index in [1.54, 1.807) is 12.1 Å². The fraction of sp³-hybridized carbons (Fsp3) is 0.269. The number of rotatable bonds is 10. The first kappa shape index (κ1) is 23.8. The van der Waals surface area contributed by atoms with Gasteiger partial charge in [-0.3, -0.25) is 0 Å². The van der Waals surface area contributed by atoms with Crippen molar-refractivity contribution in [3.8, 4) is 5.75 Å². The summed E-state index contributed by atoms with van der Waals surface area (Å²) in [4.78, 5) is 12.2. The highest BCUT2D eigenvalue weighted by atomic mass is 35.5. The van der Waals surface area contributed by atoms with Gasteiger partial charge in [0.15, 0.2) is 0 Å². The van der Waals surface area contributed by atoms with E-state index in [-0.39, 0.29) is 6.04 Å². The lowest BCUT2D eigenvalue weighted by Crippen LogP contribution is -2.32. The second kappa shape index (κ2) is 11.7. The Hall–Kier alpha value is -2.86. The number of carbonyl (C=O) groups excluding carboxylic acids is 1. The van der Waals surface area contributed by atoms with E-state index in [4.69, 9.17) is 21.1 Å². The molecule has 3 aromatic rings. The highest BCUT2D eigenvalue weighted by molar-refractivity contribution is 6.30. The summed E-state index contributed by atoms with van der Waals surface area (Å²) in [5.74, 6) is 0.140. The van der Waals surface area contributed by atoms with Crippen LogP contribution in [0.15, 0.2) is 78.9 Å². The van der Waals surface area contributed by atoms with Crippen LogP contribution in [0.1, 0.15) is 35.8 Å². The molecule has 0 heterocycles. The predicted octanol–water partition coefficient (Wildman–Crippen LogP) is 4.89. The monoisotopic (exact) mass is 453 g/mol. The van der Waals surface area contributed by atoms with E-state index in [0.717, 1.165) is 23.1 Å². The topological polar surface area (TPSA) is 67.8 Å². The van der Waals surface area contributed by atoms with Gasteiger partial charge in [0, 0.05) is 23.2 Å². The summed E-state index contributed by atoms with van der Waals surface area (Å²) in [5, 5.41) is 14.3. The number of halogens is 1. The normalized spacial score (nSPS) is 13.8. The highest BCUT2D eigenvalue weighted by Crippen LogP contribution is 2.24. The van der Waals surface area contributed by atoms with Crippen LogP contribution in [0.25, 0.3) is 0 Å². The molecule has 0 saturated carbocycles. The molecule has 0 aliphatic rings. The summed E-state index contributed by atoms with van der Waals surface area (Å²) in [7, 11) is 1.35. The summed E-state index contributed by atoms with van der Waals surface area (Å²) in [5.41, 5.74) is 2.64. The standard InChI is InChI=1S/C26H28ClNO4/c1-18(28-17-24(29)21-9-6-10-22(27)16-21)15-19-11-13-23(14-12-19)32-25(26(30)31-2)20-7-4-3-5-8-20/h3-14,16,18,24-25,28-29H,15,17H2,1-2H3. The van der Waals surface area contributed by atoms with Gasteiger partial charge in [0.1, 0.15) is 5.75 Å². The van der Waals surface area contributed by atoms with Crippen molar-refractivity contribution < 1.29 is 19.4 Å². The Morgan fingerprint density at radius 3 is 2.34 bits per heavy atom. The van der Waals surface area contributed by atoms with E-state index in [1.807, 2.05) is 66.7 Å². The van der Waals surface area contributed by atoms with E-state index >= 15 is 0 Å². The Morgan fingerprint density at radius 2 is 1.69 bits per heavy atom. The maximum atomic E-state index is 12.2. The van der Waals surface area contributed by atoms with Crippen molar-refractivity contribution in [3.63, 3.8) is 0 Å². The highest BCUT2D eigenvalue weighted by Gasteiger charge is 2.23. The lowest BCUT2D eigenvalue weighted by atomic mass is 10.1. The molecule has 0 saturated heterocycles. The molecule has 0 aliphatic heterocycles. The summed E-state index contributed by atoms with van der Waals surface area (Å²) in [6, 6.07) is 24.3. The molecular formula is C26H28ClNO4. The Kier molecular flexibility index (Phi) is 8.68. The van der Waals surface area contributed by atoms with E-state index in [0.29, 0.717) is 17.3 Å². The van der Waals surface area contributed by atoms with Gasteiger partial charge in [0.25, 0.3) is 0 Å². The molecule has 6 heteroatoms. The molecule has 168 valence electrons. The number of esters is 1. The second-order valence-corrected chi connectivity index (χ2v) is 8.10. The number of benzene rings is 3. The fourth-order valence-electron chi connectivity index (χ4n) is 3.40. The molecule has 3 aromatic carbocycles. The van der Waals surface area contributed by atoms with Gasteiger partial charge in [-0.05, 0) is 48.7 Å². The van der Waals surface area contributed by atoms with Gasteiger partial charge in [-0.2, -0.15) is 0 Å². The van der Waals surface area contributed by atoms with Crippen LogP contribution in [0.3, 0.4) is 0 Å². The van der Waals surface area contributed by atoms with Crippen LogP contribution in [0.4, 0.5) is 0 Å². The van der Waals surface area contributed by atoms with Gasteiger partial charge < -0.3 is 19.9 Å². The number of aliphatic hydroxyl groups is 1. The van der Waals surface area contributed by atoms with E-state index in [2.05, 4.69) is 12.2 Å². The Morgan fingerprint density at radius 1 is 1.00 bits per heavy atom. The molecule has 3 rings (SSSR count). The Balaban J connectivity index is 1.55. The zero-order valence-corrected chi connectivity index (χ0v) is 19.0. The molecule has 5 nitrogen and oxygen atoms in total. The summed E-state index contributed by atoms with van der Waals surface area (Å²) in [6.45, 7) is 2.50. The van der Waals surface area contributed by atoms with Gasteiger partial charge in [-0.1, -0.05) is 66.2 Å². The number of aliphatic hydroxyl groups excluding tert-OH is 1. The van der Waals surface area contributed by atoms with E-state index < -0.39 is 18.2 Å². The van der Waals surface area contributed by atoms with Crippen molar-refractivity contribution in [3.05, 3.63) is 101 Å². The van der Waals surface area contributed by atoms with Crippen LogP contribution < -0.4 is 10.1 Å². The summed E-state index contributed by atoms with van der Waals surface area (Å²) < 4.78 is 10.8. The first-order valence-electron chi connectivity index (χ1n) is 10.5. The number of ether oxygens (including phenoxy) is 2. The SMILES string of the molecule is COC(=O)C(Oc1ccc(CC(C)NCC(O)c2cccc(Cl)c2)cc1)c1ccccc1. The largest absolute Gasteiger partial charge is 0.474 e. The molecule has 0 amide bonds. The van der Waals surface area contributed by atoms with Crippen molar-refractivity contribution in [1.82, 2.24) is 5.32 Å². The molecule has 3 unspecified atom stereocenters. The van der Waals surface area contributed by atoms with Gasteiger partial charge >= 0.3 is 5.97 Å². The molecule has 2 N–H and O–H groups in total. The van der Waals surface area contributed by atoms with Crippen LogP contribution in [0.5, 0.6) is 5.75 Å². The minimum atomic E-state index is -0.819. The molecule has 0 fully saturated rings. The zero-order chi connectivity index (χ0) is 22.9. The average Bonchev–Trinajstić information content (AvgIpc) is 2.82. The maximum Gasteiger partial charge on any atom is 0.351 e. The summed E-state index contributed by atoms with van der Waals surface area (Å²) >= 11 is 6.00. The second-order valence-electron chi connectivity index (χ2n) is 7.66. The van der Waals surface area contributed by atoms with Crippen LogP contribution in [0.2, 0.25) is 5.02 Å². The third-order valence-corrected chi connectivity index (χ3v) is 5.36. The van der Waals surface area contributed by atoms with Crippen molar-refractivity contribution >= 4 is 17.6 Å². The molecular weight excluding hydrogens is 426 g/mol. The average molecular weight is 454 g/mol. The minimum absolute atomic E-state index is 0.155. The van der Waals surface area contributed by atoms with Crippen molar-refractivity contribution in [1.29, 1.82) is 0 Å². The third kappa shape index (κ3) is 6.82. The number of carbonyl (C=O) groups is 1.